The summed E-state index contributed by atoms with van der Waals surface area (Å²) in [5.41, 5.74) is 0.299. The zero-order valence-electron chi connectivity index (χ0n) is 5.50. The molecule has 1 nitrogen and oxygen atoms in total. The van der Waals surface area contributed by atoms with Gasteiger partial charge in [0.05, 0.1) is 0 Å². The molecule has 0 aromatic heterocycles. The third-order valence-electron chi connectivity index (χ3n) is 1.25. The van der Waals surface area contributed by atoms with Crippen LogP contribution in [0.15, 0.2) is 30.3 Å². The molecule has 0 unspecified atom stereocenters. The zero-order chi connectivity index (χ0) is 7.40. The summed E-state index contributed by atoms with van der Waals surface area (Å²) in [5, 5.41) is 8.77. The molecule has 1 N–H and O–H groups in total. The maximum atomic E-state index is 8.77. The van der Waals surface area contributed by atoms with E-state index in [-0.39, 0.29) is 0 Å². The molecule has 0 aliphatic heterocycles. The largest absolute Gasteiger partial charge is 0.377 e. The number of aliphatic hydroxyl groups is 1. The van der Waals surface area contributed by atoms with E-state index in [0.29, 0.717) is 6.42 Å². The second-order valence-corrected chi connectivity index (χ2v) is 2.63. The monoisotopic (exact) mass is 156 g/mol. The van der Waals surface area contributed by atoms with Gasteiger partial charge < -0.3 is 5.11 Å². The van der Waals surface area contributed by atoms with Crippen molar-refractivity contribution in [1.29, 1.82) is 0 Å². The summed E-state index contributed by atoms with van der Waals surface area (Å²) in [6.45, 7) is 0. The first kappa shape index (κ1) is 7.58. The maximum Gasteiger partial charge on any atom is 0.132 e. The Balaban J connectivity index is 2.59. The van der Waals surface area contributed by atoms with Crippen LogP contribution in [0.4, 0.5) is 0 Å². The number of hydrogen-bond acceptors (Lipinski definition) is 1. The molecular weight excluding hydrogens is 148 g/mol. The van der Waals surface area contributed by atoms with Gasteiger partial charge in [-0.15, -0.1) is 0 Å². The van der Waals surface area contributed by atoms with Gasteiger partial charge >= 0.3 is 0 Å². The number of hydrogen-bond donors (Lipinski definition) is 1. The lowest BCUT2D eigenvalue weighted by Crippen LogP contribution is -1.99. The topological polar surface area (TPSA) is 20.2 Å². The van der Waals surface area contributed by atoms with Crippen molar-refractivity contribution < 1.29 is 5.11 Å². The Kier molecular flexibility index (Phi) is 2.72. The highest BCUT2D eigenvalue weighted by molar-refractivity contribution is 6.19. The average Bonchev–Trinajstić information content (AvgIpc) is 1.88. The fourth-order valence-electron chi connectivity index (χ4n) is 0.809. The lowest BCUT2D eigenvalue weighted by molar-refractivity contribution is 0.257. The van der Waals surface area contributed by atoms with E-state index < -0.39 is 5.56 Å². The number of halogens is 1. The quantitative estimate of drug-likeness (QED) is 0.648. The van der Waals surface area contributed by atoms with Gasteiger partial charge in [-0.2, -0.15) is 0 Å². The molecular formula is C8H9ClO. The first-order valence-electron chi connectivity index (χ1n) is 3.15. The van der Waals surface area contributed by atoms with Crippen molar-refractivity contribution in [3.63, 3.8) is 0 Å². The molecule has 54 valence electrons. The van der Waals surface area contributed by atoms with Crippen LogP contribution in [-0.4, -0.2) is 10.7 Å². The van der Waals surface area contributed by atoms with Crippen molar-refractivity contribution in [3.8, 4) is 0 Å². The molecule has 0 fully saturated rings. The summed E-state index contributed by atoms with van der Waals surface area (Å²) in [7, 11) is 0. The standard InChI is InChI=1S/C8H9ClO/c9-8(10)6-7-4-2-1-3-5-7/h1-5,8,10H,6H2/t8-/m1/s1. The molecule has 0 aliphatic rings. The predicted molar refractivity (Wildman–Crippen MR) is 42.0 cm³/mol. The lowest BCUT2D eigenvalue weighted by atomic mass is 10.2. The average molecular weight is 157 g/mol. The van der Waals surface area contributed by atoms with Crippen molar-refractivity contribution in [1.82, 2.24) is 0 Å². The zero-order valence-corrected chi connectivity index (χ0v) is 6.25. The minimum atomic E-state index is -0.762. The summed E-state index contributed by atoms with van der Waals surface area (Å²) in [5.74, 6) is 0. The maximum absolute atomic E-state index is 8.77. The molecule has 0 bridgehead atoms. The van der Waals surface area contributed by atoms with Gasteiger partial charge in [0.2, 0.25) is 0 Å². The Morgan fingerprint density at radius 2 is 1.90 bits per heavy atom. The fraction of sp³-hybridized carbons (Fsp3) is 0.250. The van der Waals surface area contributed by atoms with E-state index in [9.17, 15) is 0 Å². The van der Waals surface area contributed by atoms with Gasteiger partial charge in [0.1, 0.15) is 5.56 Å². The number of benzene rings is 1. The Bertz CT molecular complexity index is 184. The van der Waals surface area contributed by atoms with Gasteiger partial charge in [0.25, 0.3) is 0 Å². The van der Waals surface area contributed by atoms with E-state index in [4.69, 9.17) is 16.7 Å². The van der Waals surface area contributed by atoms with Crippen LogP contribution < -0.4 is 0 Å². The highest BCUT2D eigenvalue weighted by atomic mass is 35.5. The SMILES string of the molecule is O[C@@H](Cl)Cc1ccccc1. The molecule has 0 radical (unpaired) electrons. The van der Waals surface area contributed by atoms with Crippen molar-refractivity contribution >= 4 is 11.6 Å². The first-order chi connectivity index (χ1) is 4.79. The minimum absolute atomic E-state index is 0.516. The van der Waals surface area contributed by atoms with Crippen molar-refractivity contribution in [3.05, 3.63) is 35.9 Å². The highest BCUT2D eigenvalue weighted by Gasteiger charge is 1.97. The van der Waals surface area contributed by atoms with Crippen molar-refractivity contribution in [2.24, 2.45) is 0 Å². The van der Waals surface area contributed by atoms with Gasteiger partial charge in [-0.1, -0.05) is 41.9 Å². The predicted octanol–water partition coefficient (Wildman–Crippen LogP) is 1.79. The van der Waals surface area contributed by atoms with Crippen LogP contribution in [0.25, 0.3) is 0 Å². The summed E-state index contributed by atoms with van der Waals surface area (Å²) in [6, 6.07) is 9.66. The van der Waals surface area contributed by atoms with Gasteiger partial charge in [0, 0.05) is 6.42 Å². The van der Waals surface area contributed by atoms with E-state index in [1.165, 1.54) is 0 Å². The molecule has 1 aromatic carbocycles. The summed E-state index contributed by atoms with van der Waals surface area (Å²) in [6.07, 6.45) is 0.516. The molecule has 10 heavy (non-hydrogen) atoms. The van der Waals surface area contributed by atoms with Gasteiger partial charge in [-0.3, -0.25) is 0 Å². The van der Waals surface area contributed by atoms with Crippen LogP contribution in [0.3, 0.4) is 0 Å². The summed E-state index contributed by atoms with van der Waals surface area (Å²) >= 11 is 5.37. The molecule has 0 saturated heterocycles. The smallest absolute Gasteiger partial charge is 0.132 e. The minimum Gasteiger partial charge on any atom is -0.377 e. The second kappa shape index (κ2) is 3.59. The van der Waals surface area contributed by atoms with Crippen LogP contribution in [0.5, 0.6) is 0 Å². The Morgan fingerprint density at radius 3 is 2.40 bits per heavy atom. The number of alkyl halides is 1. The van der Waals surface area contributed by atoms with Crippen LogP contribution in [0.2, 0.25) is 0 Å². The van der Waals surface area contributed by atoms with Gasteiger partial charge in [0.15, 0.2) is 0 Å². The van der Waals surface area contributed by atoms with Crippen molar-refractivity contribution in [2.75, 3.05) is 0 Å². The first-order valence-corrected chi connectivity index (χ1v) is 3.59. The van der Waals surface area contributed by atoms with Gasteiger partial charge in [-0.25, -0.2) is 0 Å². The molecule has 0 heterocycles. The van der Waals surface area contributed by atoms with E-state index >= 15 is 0 Å². The third kappa shape index (κ3) is 2.38. The molecule has 1 rings (SSSR count). The second-order valence-electron chi connectivity index (χ2n) is 2.12. The Hall–Kier alpha value is -0.530. The molecule has 0 spiro atoms. The number of aliphatic hydroxyl groups excluding tert-OH is 1. The van der Waals surface area contributed by atoms with Crippen LogP contribution in [0, 0.1) is 0 Å². The molecule has 2 heteroatoms. The molecule has 0 saturated carbocycles. The fourth-order valence-corrected chi connectivity index (χ4v) is 0.987. The summed E-state index contributed by atoms with van der Waals surface area (Å²) < 4.78 is 0. The summed E-state index contributed by atoms with van der Waals surface area (Å²) in [4.78, 5) is 0. The van der Waals surface area contributed by atoms with Crippen LogP contribution in [0.1, 0.15) is 5.56 Å². The molecule has 1 atom stereocenters. The van der Waals surface area contributed by atoms with Crippen molar-refractivity contribution in [2.45, 2.75) is 12.0 Å². The van der Waals surface area contributed by atoms with E-state index in [1.54, 1.807) is 0 Å². The third-order valence-corrected chi connectivity index (χ3v) is 1.40. The highest BCUT2D eigenvalue weighted by Crippen LogP contribution is 2.04. The van der Waals surface area contributed by atoms with Gasteiger partial charge in [-0.05, 0) is 5.56 Å². The molecule has 0 aliphatic carbocycles. The van der Waals surface area contributed by atoms with Crippen LogP contribution in [-0.2, 0) is 6.42 Å². The normalized spacial score (nSPS) is 13.0. The van der Waals surface area contributed by atoms with Crippen LogP contribution >= 0.6 is 11.6 Å². The molecule has 0 amide bonds. The Morgan fingerprint density at radius 1 is 1.30 bits per heavy atom. The number of rotatable bonds is 2. The lowest BCUT2D eigenvalue weighted by Gasteiger charge is -2.00. The van der Waals surface area contributed by atoms with E-state index in [0.717, 1.165) is 5.56 Å². The van der Waals surface area contributed by atoms with E-state index in [2.05, 4.69) is 0 Å². The molecule has 1 aromatic rings. The Labute approximate surface area is 65.3 Å². The van der Waals surface area contributed by atoms with E-state index in [1.807, 2.05) is 30.3 Å².